The Balaban J connectivity index is 2.61. The number of rotatable bonds is 0. The standard InChI is InChI=1S/C12H25N/c1-10-9-13(11(2,3)4)8-7-12(10,5)6/h10H,7-9H2,1-6H3. The van der Waals surface area contributed by atoms with E-state index in [1.54, 1.807) is 0 Å². The summed E-state index contributed by atoms with van der Waals surface area (Å²) in [5.74, 6) is 0.820. The molecule has 0 radical (unpaired) electrons. The number of hydrogen-bond donors (Lipinski definition) is 0. The van der Waals surface area contributed by atoms with Crippen molar-refractivity contribution in [3.8, 4) is 0 Å². The van der Waals surface area contributed by atoms with E-state index in [0.717, 1.165) is 5.92 Å². The maximum absolute atomic E-state index is 2.61. The third-order valence-electron chi connectivity index (χ3n) is 3.80. The molecule has 13 heavy (non-hydrogen) atoms. The summed E-state index contributed by atoms with van der Waals surface area (Å²) in [6.07, 6.45) is 1.34. The minimum atomic E-state index is 0.352. The molecule has 1 nitrogen and oxygen atoms in total. The Morgan fingerprint density at radius 3 is 2.15 bits per heavy atom. The molecule has 1 unspecified atom stereocenters. The summed E-state index contributed by atoms with van der Waals surface area (Å²) in [4.78, 5) is 2.61. The third kappa shape index (κ3) is 2.46. The average molecular weight is 183 g/mol. The van der Waals surface area contributed by atoms with Gasteiger partial charge < -0.3 is 0 Å². The lowest BCUT2D eigenvalue weighted by Gasteiger charge is -2.47. The quantitative estimate of drug-likeness (QED) is 0.557. The van der Waals surface area contributed by atoms with Crippen molar-refractivity contribution in [2.24, 2.45) is 11.3 Å². The van der Waals surface area contributed by atoms with Gasteiger partial charge in [0, 0.05) is 12.1 Å². The third-order valence-corrected chi connectivity index (χ3v) is 3.80. The second-order valence-electron chi connectivity index (χ2n) is 6.26. The van der Waals surface area contributed by atoms with Gasteiger partial charge in [0.2, 0.25) is 0 Å². The molecule has 0 aromatic rings. The van der Waals surface area contributed by atoms with Crippen molar-refractivity contribution >= 4 is 0 Å². The largest absolute Gasteiger partial charge is 0.298 e. The van der Waals surface area contributed by atoms with Gasteiger partial charge in [-0.3, -0.25) is 4.90 Å². The highest BCUT2D eigenvalue weighted by Gasteiger charge is 2.35. The first-order valence-electron chi connectivity index (χ1n) is 5.48. The topological polar surface area (TPSA) is 3.24 Å². The lowest BCUT2D eigenvalue weighted by molar-refractivity contribution is 0.0165. The highest BCUT2D eigenvalue weighted by molar-refractivity contribution is 4.88. The van der Waals surface area contributed by atoms with E-state index in [-0.39, 0.29) is 0 Å². The van der Waals surface area contributed by atoms with Crippen molar-refractivity contribution in [1.82, 2.24) is 4.90 Å². The Hall–Kier alpha value is -0.0400. The summed E-state index contributed by atoms with van der Waals surface area (Å²) in [5, 5.41) is 0. The predicted molar refractivity (Wildman–Crippen MR) is 58.9 cm³/mol. The van der Waals surface area contributed by atoms with Gasteiger partial charge in [-0.2, -0.15) is 0 Å². The van der Waals surface area contributed by atoms with E-state index in [0.29, 0.717) is 11.0 Å². The Labute approximate surface area is 83.5 Å². The molecule has 1 heterocycles. The first-order valence-corrected chi connectivity index (χ1v) is 5.48. The van der Waals surface area contributed by atoms with Crippen LogP contribution >= 0.6 is 0 Å². The van der Waals surface area contributed by atoms with Crippen LogP contribution in [0.3, 0.4) is 0 Å². The van der Waals surface area contributed by atoms with Crippen LogP contribution in [0.2, 0.25) is 0 Å². The fraction of sp³-hybridized carbons (Fsp3) is 1.00. The lowest BCUT2D eigenvalue weighted by Crippen LogP contribution is -2.51. The van der Waals surface area contributed by atoms with Crippen LogP contribution in [0.15, 0.2) is 0 Å². The molecule has 1 aliphatic rings. The van der Waals surface area contributed by atoms with Crippen LogP contribution in [-0.2, 0) is 0 Å². The number of piperidine rings is 1. The first-order chi connectivity index (χ1) is 5.73. The molecular formula is C12H25N. The molecule has 0 aromatic carbocycles. The predicted octanol–water partition coefficient (Wildman–Crippen LogP) is 3.15. The van der Waals surface area contributed by atoms with Crippen molar-refractivity contribution in [1.29, 1.82) is 0 Å². The zero-order valence-electron chi connectivity index (χ0n) is 10.1. The number of nitrogens with zero attached hydrogens (tertiary/aromatic N) is 1. The fourth-order valence-corrected chi connectivity index (χ4v) is 1.95. The van der Waals surface area contributed by atoms with Gasteiger partial charge in [0.15, 0.2) is 0 Å². The Bertz CT molecular complexity index is 176. The maximum atomic E-state index is 2.61. The van der Waals surface area contributed by atoms with Gasteiger partial charge >= 0.3 is 0 Å². The van der Waals surface area contributed by atoms with E-state index in [9.17, 15) is 0 Å². The smallest absolute Gasteiger partial charge is 0.0125 e. The van der Waals surface area contributed by atoms with Crippen LogP contribution in [-0.4, -0.2) is 23.5 Å². The Morgan fingerprint density at radius 2 is 1.77 bits per heavy atom. The molecule has 0 aliphatic carbocycles. The molecule has 1 heteroatoms. The zero-order chi connectivity index (χ0) is 10.3. The Morgan fingerprint density at radius 1 is 1.23 bits per heavy atom. The van der Waals surface area contributed by atoms with Crippen LogP contribution in [0.1, 0.15) is 48.0 Å². The van der Waals surface area contributed by atoms with Crippen LogP contribution in [0.25, 0.3) is 0 Å². The van der Waals surface area contributed by atoms with Gasteiger partial charge in [-0.25, -0.2) is 0 Å². The molecule has 0 N–H and O–H groups in total. The van der Waals surface area contributed by atoms with Crippen molar-refractivity contribution in [3.05, 3.63) is 0 Å². The van der Waals surface area contributed by atoms with Crippen LogP contribution < -0.4 is 0 Å². The number of hydrogen-bond acceptors (Lipinski definition) is 1. The van der Waals surface area contributed by atoms with Gasteiger partial charge in [0.25, 0.3) is 0 Å². The van der Waals surface area contributed by atoms with Crippen molar-refractivity contribution in [2.75, 3.05) is 13.1 Å². The van der Waals surface area contributed by atoms with E-state index in [1.165, 1.54) is 19.5 Å². The first kappa shape index (κ1) is 11.0. The summed E-state index contributed by atoms with van der Waals surface area (Å²) < 4.78 is 0. The highest BCUT2D eigenvalue weighted by atomic mass is 15.2. The molecule has 1 rings (SSSR count). The van der Waals surface area contributed by atoms with E-state index in [4.69, 9.17) is 0 Å². The minimum Gasteiger partial charge on any atom is -0.298 e. The highest BCUT2D eigenvalue weighted by Crippen LogP contribution is 2.37. The minimum absolute atomic E-state index is 0.352. The maximum Gasteiger partial charge on any atom is 0.0125 e. The van der Waals surface area contributed by atoms with Crippen molar-refractivity contribution < 1.29 is 0 Å². The molecule has 0 amide bonds. The molecule has 1 atom stereocenters. The van der Waals surface area contributed by atoms with Crippen LogP contribution in [0.5, 0.6) is 0 Å². The van der Waals surface area contributed by atoms with E-state index in [1.807, 2.05) is 0 Å². The van der Waals surface area contributed by atoms with Gasteiger partial charge in [-0.05, 0) is 45.1 Å². The van der Waals surface area contributed by atoms with Gasteiger partial charge in [0.05, 0.1) is 0 Å². The number of likely N-dealkylation sites (tertiary alicyclic amines) is 1. The molecule has 0 bridgehead atoms. The molecule has 0 spiro atoms. The molecule has 1 saturated heterocycles. The molecule has 0 saturated carbocycles. The van der Waals surface area contributed by atoms with Gasteiger partial charge in [-0.1, -0.05) is 20.8 Å². The SMILES string of the molecule is CC1CN(C(C)(C)C)CCC1(C)C. The summed E-state index contributed by atoms with van der Waals surface area (Å²) in [5.41, 5.74) is 0.895. The fourth-order valence-electron chi connectivity index (χ4n) is 1.95. The Kier molecular flexibility index (Phi) is 2.78. The summed E-state index contributed by atoms with van der Waals surface area (Å²) in [6, 6.07) is 0. The van der Waals surface area contributed by atoms with Gasteiger partial charge in [-0.15, -0.1) is 0 Å². The monoisotopic (exact) mass is 183 g/mol. The lowest BCUT2D eigenvalue weighted by atomic mass is 9.73. The van der Waals surface area contributed by atoms with Gasteiger partial charge in [0.1, 0.15) is 0 Å². The molecule has 78 valence electrons. The second-order valence-corrected chi connectivity index (χ2v) is 6.26. The van der Waals surface area contributed by atoms with E-state index < -0.39 is 0 Å². The zero-order valence-corrected chi connectivity index (χ0v) is 10.1. The summed E-state index contributed by atoms with van der Waals surface area (Å²) in [6.45, 7) is 16.7. The average Bonchev–Trinajstić information content (AvgIpc) is 1.92. The van der Waals surface area contributed by atoms with Crippen molar-refractivity contribution in [3.63, 3.8) is 0 Å². The molecule has 1 fully saturated rings. The van der Waals surface area contributed by atoms with Crippen LogP contribution in [0.4, 0.5) is 0 Å². The van der Waals surface area contributed by atoms with Crippen LogP contribution in [0, 0.1) is 11.3 Å². The normalized spacial score (nSPS) is 30.5. The summed E-state index contributed by atoms with van der Waals surface area (Å²) >= 11 is 0. The molecular weight excluding hydrogens is 158 g/mol. The second kappa shape index (κ2) is 3.27. The van der Waals surface area contributed by atoms with Crippen molar-refractivity contribution in [2.45, 2.75) is 53.5 Å². The summed E-state index contributed by atoms with van der Waals surface area (Å²) in [7, 11) is 0. The van der Waals surface area contributed by atoms with E-state index in [2.05, 4.69) is 46.4 Å². The van der Waals surface area contributed by atoms with E-state index >= 15 is 0 Å². The molecule has 0 aromatic heterocycles. The molecule has 1 aliphatic heterocycles.